The topological polar surface area (TPSA) is 46.2 Å². The standard InChI is InChI=1S/C9H9NO2/c10-4-3-9(6-11-7-9)8-2-1-5-12-8/h1-2,5H,3,6-7H2. The van der Waals surface area contributed by atoms with E-state index in [0.29, 0.717) is 19.6 Å². The summed E-state index contributed by atoms with van der Waals surface area (Å²) in [5.41, 5.74) is -0.155. The van der Waals surface area contributed by atoms with Crippen molar-refractivity contribution in [1.29, 1.82) is 5.26 Å². The Hall–Kier alpha value is -1.27. The average Bonchev–Trinajstić information content (AvgIpc) is 2.48. The SMILES string of the molecule is N#CCC1(c2ccco2)COC1. The number of nitriles is 1. The highest BCUT2D eigenvalue weighted by Gasteiger charge is 2.42. The van der Waals surface area contributed by atoms with Gasteiger partial charge in [-0.2, -0.15) is 5.26 Å². The van der Waals surface area contributed by atoms with Gasteiger partial charge >= 0.3 is 0 Å². The van der Waals surface area contributed by atoms with Crippen LogP contribution in [0.25, 0.3) is 0 Å². The molecule has 12 heavy (non-hydrogen) atoms. The van der Waals surface area contributed by atoms with Crippen LogP contribution in [0.4, 0.5) is 0 Å². The number of hydrogen-bond acceptors (Lipinski definition) is 3. The molecular formula is C9H9NO2. The van der Waals surface area contributed by atoms with Crippen LogP contribution in [0, 0.1) is 11.3 Å². The highest BCUT2D eigenvalue weighted by Crippen LogP contribution is 2.35. The van der Waals surface area contributed by atoms with Crippen molar-refractivity contribution in [3.63, 3.8) is 0 Å². The van der Waals surface area contributed by atoms with E-state index in [1.807, 2.05) is 12.1 Å². The Labute approximate surface area is 70.6 Å². The molecule has 3 nitrogen and oxygen atoms in total. The van der Waals surface area contributed by atoms with Crippen molar-refractivity contribution in [2.75, 3.05) is 13.2 Å². The van der Waals surface area contributed by atoms with Gasteiger partial charge in [0.15, 0.2) is 0 Å². The Morgan fingerprint density at radius 2 is 2.42 bits per heavy atom. The molecule has 0 saturated carbocycles. The molecular weight excluding hydrogens is 154 g/mol. The number of nitrogens with zero attached hydrogens (tertiary/aromatic N) is 1. The van der Waals surface area contributed by atoms with Crippen molar-refractivity contribution in [3.8, 4) is 6.07 Å². The number of hydrogen-bond donors (Lipinski definition) is 0. The number of ether oxygens (including phenoxy) is 1. The summed E-state index contributed by atoms with van der Waals surface area (Å²) in [6, 6.07) is 5.90. The first kappa shape index (κ1) is 7.38. The van der Waals surface area contributed by atoms with E-state index in [0.717, 1.165) is 5.76 Å². The van der Waals surface area contributed by atoms with E-state index in [9.17, 15) is 0 Å². The fourth-order valence-electron chi connectivity index (χ4n) is 1.41. The zero-order chi connectivity index (χ0) is 8.44. The van der Waals surface area contributed by atoms with E-state index < -0.39 is 0 Å². The minimum atomic E-state index is -0.155. The minimum Gasteiger partial charge on any atom is -0.469 e. The summed E-state index contributed by atoms with van der Waals surface area (Å²) in [7, 11) is 0. The monoisotopic (exact) mass is 163 g/mol. The van der Waals surface area contributed by atoms with Crippen molar-refractivity contribution in [1.82, 2.24) is 0 Å². The molecule has 0 spiro atoms. The van der Waals surface area contributed by atoms with E-state index in [1.165, 1.54) is 0 Å². The van der Waals surface area contributed by atoms with Crippen LogP contribution in [0.15, 0.2) is 22.8 Å². The van der Waals surface area contributed by atoms with Crippen LogP contribution in [0.5, 0.6) is 0 Å². The molecule has 1 aromatic heterocycles. The first-order valence-electron chi connectivity index (χ1n) is 3.86. The van der Waals surface area contributed by atoms with Gasteiger partial charge in [0.25, 0.3) is 0 Å². The van der Waals surface area contributed by atoms with E-state index in [4.69, 9.17) is 14.4 Å². The maximum absolute atomic E-state index is 8.62. The van der Waals surface area contributed by atoms with Gasteiger partial charge in [0.1, 0.15) is 5.76 Å². The van der Waals surface area contributed by atoms with Gasteiger partial charge in [-0.25, -0.2) is 0 Å². The summed E-state index contributed by atoms with van der Waals surface area (Å²) >= 11 is 0. The normalized spacial score (nSPS) is 19.6. The maximum atomic E-state index is 8.62. The van der Waals surface area contributed by atoms with Gasteiger partial charge in [0.2, 0.25) is 0 Å². The summed E-state index contributed by atoms with van der Waals surface area (Å²) in [6.45, 7) is 1.21. The van der Waals surface area contributed by atoms with Gasteiger partial charge in [-0.15, -0.1) is 0 Å². The van der Waals surface area contributed by atoms with Crippen LogP contribution < -0.4 is 0 Å². The Morgan fingerprint density at radius 1 is 1.58 bits per heavy atom. The van der Waals surface area contributed by atoms with Gasteiger partial charge in [-0.05, 0) is 12.1 Å². The Morgan fingerprint density at radius 3 is 2.83 bits per heavy atom. The van der Waals surface area contributed by atoms with Crippen LogP contribution in [0.3, 0.4) is 0 Å². The second-order valence-electron chi connectivity index (χ2n) is 3.09. The summed E-state index contributed by atoms with van der Waals surface area (Å²) in [5.74, 6) is 0.871. The van der Waals surface area contributed by atoms with Crippen molar-refractivity contribution < 1.29 is 9.15 Å². The molecule has 1 aliphatic heterocycles. The largest absolute Gasteiger partial charge is 0.469 e. The second-order valence-corrected chi connectivity index (χ2v) is 3.09. The van der Waals surface area contributed by atoms with Crippen LogP contribution >= 0.6 is 0 Å². The van der Waals surface area contributed by atoms with Crippen molar-refractivity contribution in [2.24, 2.45) is 0 Å². The zero-order valence-corrected chi connectivity index (χ0v) is 6.62. The molecule has 0 bridgehead atoms. The Bertz CT molecular complexity index is 293. The van der Waals surface area contributed by atoms with E-state index in [1.54, 1.807) is 6.26 Å². The molecule has 0 aliphatic carbocycles. The molecule has 1 aliphatic rings. The molecule has 1 aromatic rings. The third kappa shape index (κ3) is 0.926. The lowest BCUT2D eigenvalue weighted by atomic mass is 9.80. The number of rotatable bonds is 2. The average molecular weight is 163 g/mol. The molecule has 2 rings (SSSR count). The molecule has 0 N–H and O–H groups in total. The first-order chi connectivity index (χ1) is 5.87. The predicted molar refractivity (Wildman–Crippen MR) is 41.4 cm³/mol. The summed E-state index contributed by atoms with van der Waals surface area (Å²) in [5, 5.41) is 8.62. The molecule has 0 unspecified atom stereocenters. The van der Waals surface area contributed by atoms with Crippen molar-refractivity contribution in [2.45, 2.75) is 11.8 Å². The molecule has 3 heteroatoms. The summed E-state index contributed by atoms with van der Waals surface area (Å²) in [4.78, 5) is 0. The van der Waals surface area contributed by atoms with Crippen LogP contribution in [0.1, 0.15) is 12.2 Å². The van der Waals surface area contributed by atoms with E-state index >= 15 is 0 Å². The Kier molecular flexibility index (Phi) is 1.63. The first-order valence-corrected chi connectivity index (χ1v) is 3.86. The lowest BCUT2D eigenvalue weighted by Crippen LogP contribution is -2.46. The molecule has 0 amide bonds. The lowest BCUT2D eigenvalue weighted by Gasteiger charge is -2.37. The smallest absolute Gasteiger partial charge is 0.115 e. The fourth-order valence-corrected chi connectivity index (χ4v) is 1.41. The van der Waals surface area contributed by atoms with E-state index in [2.05, 4.69) is 6.07 Å². The van der Waals surface area contributed by atoms with Crippen molar-refractivity contribution >= 4 is 0 Å². The Balaban J connectivity index is 2.24. The molecule has 0 atom stereocenters. The molecule has 62 valence electrons. The maximum Gasteiger partial charge on any atom is 0.115 e. The van der Waals surface area contributed by atoms with Gasteiger partial charge in [-0.3, -0.25) is 0 Å². The molecule has 2 heterocycles. The van der Waals surface area contributed by atoms with Gasteiger partial charge in [0.05, 0.1) is 37.4 Å². The van der Waals surface area contributed by atoms with Crippen LogP contribution in [0.2, 0.25) is 0 Å². The summed E-state index contributed by atoms with van der Waals surface area (Å²) in [6.07, 6.45) is 2.10. The van der Waals surface area contributed by atoms with Crippen LogP contribution in [-0.2, 0) is 10.2 Å². The quantitative estimate of drug-likeness (QED) is 0.663. The van der Waals surface area contributed by atoms with Gasteiger partial charge in [-0.1, -0.05) is 0 Å². The van der Waals surface area contributed by atoms with Gasteiger partial charge in [0, 0.05) is 0 Å². The fraction of sp³-hybridized carbons (Fsp3) is 0.444. The summed E-state index contributed by atoms with van der Waals surface area (Å²) < 4.78 is 10.4. The second kappa shape index (κ2) is 2.65. The predicted octanol–water partition coefficient (Wildman–Crippen LogP) is 1.46. The van der Waals surface area contributed by atoms with Gasteiger partial charge < -0.3 is 9.15 Å². The third-order valence-corrected chi connectivity index (χ3v) is 2.22. The molecule has 0 aromatic carbocycles. The third-order valence-electron chi connectivity index (χ3n) is 2.22. The zero-order valence-electron chi connectivity index (χ0n) is 6.62. The number of furan rings is 1. The highest BCUT2D eigenvalue weighted by molar-refractivity contribution is 5.19. The van der Waals surface area contributed by atoms with Crippen LogP contribution in [-0.4, -0.2) is 13.2 Å². The van der Waals surface area contributed by atoms with Crippen molar-refractivity contribution in [3.05, 3.63) is 24.2 Å². The molecule has 1 saturated heterocycles. The lowest BCUT2D eigenvalue weighted by molar-refractivity contribution is -0.0675. The molecule has 0 radical (unpaired) electrons. The molecule has 1 fully saturated rings. The highest BCUT2D eigenvalue weighted by atomic mass is 16.5. The minimum absolute atomic E-state index is 0.155. The van der Waals surface area contributed by atoms with E-state index in [-0.39, 0.29) is 5.41 Å².